The molecule has 0 aliphatic carbocycles. The van der Waals surface area contributed by atoms with Crippen molar-refractivity contribution in [3.63, 3.8) is 0 Å². The summed E-state index contributed by atoms with van der Waals surface area (Å²) in [4.78, 5) is 0. The van der Waals surface area contributed by atoms with Crippen LogP contribution in [-0.2, 0) is 0 Å². The largest absolute Gasteiger partial charge is 0.310 e. The molecule has 1 nitrogen and oxygen atoms in total. The van der Waals surface area contributed by atoms with Gasteiger partial charge in [0.05, 0.1) is 0 Å². The normalized spacial score (nSPS) is 12.9. The maximum absolute atomic E-state index is 5.77. The van der Waals surface area contributed by atoms with Crippen LogP contribution in [0.25, 0.3) is 0 Å². The molecule has 1 aromatic rings. The second-order valence-corrected chi connectivity index (χ2v) is 3.27. The zero-order valence-corrected chi connectivity index (χ0v) is 8.23. The molecule has 1 atom stereocenters. The third-order valence-corrected chi connectivity index (χ3v) is 2.13. The van der Waals surface area contributed by atoms with Crippen LogP contribution in [0.1, 0.15) is 25.5 Å². The molecule has 0 heterocycles. The number of rotatable bonds is 3. The van der Waals surface area contributed by atoms with Crippen molar-refractivity contribution in [1.82, 2.24) is 5.32 Å². The lowest BCUT2D eigenvalue weighted by Crippen LogP contribution is -2.17. The van der Waals surface area contributed by atoms with E-state index in [0.717, 1.165) is 11.6 Å². The van der Waals surface area contributed by atoms with Crippen molar-refractivity contribution in [2.75, 3.05) is 6.54 Å². The minimum absolute atomic E-state index is 0.410. The maximum atomic E-state index is 5.77. The summed E-state index contributed by atoms with van der Waals surface area (Å²) < 4.78 is 0. The summed E-state index contributed by atoms with van der Waals surface area (Å²) in [6.45, 7) is 5.24. The lowest BCUT2D eigenvalue weighted by atomic mass is 10.1. The van der Waals surface area contributed by atoms with Crippen LogP contribution in [0.5, 0.6) is 0 Å². The second kappa shape index (κ2) is 4.48. The topological polar surface area (TPSA) is 12.0 Å². The standard InChI is InChI=1S/C10H14ClN/c1-3-12-8(2)9-4-6-10(11)7-5-9/h4-8,12H,3H2,1-2H3/t8-/m1/s1. The number of hydrogen-bond donors (Lipinski definition) is 1. The summed E-state index contributed by atoms with van der Waals surface area (Å²) in [6.07, 6.45) is 0. The average Bonchev–Trinajstić information content (AvgIpc) is 2.06. The molecule has 66 valence electrons. The fourth-order valence-corrected chi connectivity index (χ4v) is 1.30. The first kappa shape index (κ1) is 9.56. The number of halogens is 1. The van der Waals surface area contributed by atoms with E-state index in [2.05, 4.69) is 31.3 Å². The van der Waals surface area contributed by atoms with E-state index in [1.165, 1.54) is 5.56 Å². The highest BCUT2D eigenvalue weighted by Crippen LogP contribution is 2.15. The molecule has 0 saturated heterocycles. The minimum Gasteiger partial charge on any atom is -0.310 e. The van der Waals surface area contributed by atoms with Crippen LogP contribution in [0.2, 0.25) is 5.02 Å². The van der Waals surface area contributed by atoms with Crippen LogP contribution < -0.4 is 5.32 Å². The van der Waals surface area contributed by atoms with Crippen molar-refractivity contribution in [3.05, 3.63) is 34.9 Å². The smallest absolute Gasteiger partial charge is 0.0406 e. The van der Waals surface area contributed by atoms with Crippen molar-refractivity contribution in [3.8, 4) is 0 Å². The number of benzene rings is 1. The Morgan fingerprint density at radius 1 is 1.33 bits per heavy atom. The minimum atomic E-state index is 0.410. The third kappa shape index (κ3) is 2.50. The number of hydrogen-bond acceptors (Lipinski definition) is 1. The Hall–Kier alpha value is -0.530. The van der Waals surface area contributed by atoms with E-state index in [0.29, 0.717) is 6.04 Å². The molecule has 0 radical (unpaired) electrons. The summed E-state index contributed by atoms with van der Waals surface area (Å²) in [5.74, 6) is 0. The Balaban J connectivity index is 2.68. The zero-order valence-electron chi connectivity index (χ0n) is 7.47. The van der Waals surface area contributed by atoms with Gasteiger partial charge in [0.25, 0.3) is 0 Å². The zero-order chi connectivity index (χ0) is 8.97. The Morgan fingerprint density at radius 3 is 2.42 bits per heavy atom. The molecule has 0 fully saturated rings. The van der Waals surface area contributed by atoms with E-state index < -0.39 is 0 Å². The van der Waals surface area contributed by atoms with Crippen LogP contribution in [0.3, 0.4) is 0 Å². The highest BCUT2D eigenvalue weighted by molar-refractivity contribution is 6.30. The van der Waals surface area contributed by atoms with Crippen LogP contribution in [0.4, 0.5) is 0 Å². The molecule has 1 N–H and O–H groups in total. The van der Waals surface area contributed by atoms with Gasteiger partial charge in [0.15, 0.2) is 0 Å². The SMILES string of the molecule is CCN[C@H](C)c1ccc(Cl)cc1. The molecule has 0 aliphatic heterocycles. The highest BCUT2D eigenvalue weighted by Gasteiger charge is 2.01. The van der Waals surface area contributed by atoms with Crippen molar-refractivity contribution < 1.29 is 0 Å². The summed E-state index contributed by atoms with van der Waals surface area (Å²) in [5, 5.41) is 4.13. The van der Waals surface area contributed by atoms with Crippen molar-refractivity contribution >= 4 is 11.6 Å². The molecule has 0 unspecified atom stereocenters. The van der Waals surface area contributed by atoms with E-state index in [9.17, 15) is 0 Å². The molecule has 1 rings (SSSR count). The van der Waals surface area contributed by atoms with Gasteiger partial charge in [-0.1, -0.05) is 30.7 Å². The molecular weight excluding hydrogens is 170 g/mol. The Bertz CT molecular complexity index is 230. The monoisotopic (exact) mass is 183 g/mol. The summed E-state index contributed by atoms with van der Waals surface area (Å²) in [7, 11) is 0. The van der Waals surface area contributed by atoms with E-state index in [1.807, 2.05) is 12.1 Å². The van der Waals surface area contributed by atoms with Gasteiger partial charge in [-0.3, -0.25) is 0 Å². The van der Waals surface area contributed by atoms with Gasteiger partial charge in [-0.05, 0) is 31.2 Å². The fraction of sp³-hybridized carbons (Fsp3) is 0.400. The molecule has 0 aromatic heterocycles. The first-order valence-electron chi connectivity index (χ1n) is 4.23. The van der Waals surface area contributed by atoms with E-state index >= 15 is 0 Å². The summed E-state index contributed by atoms with van der Waals surface area (Å²) >= 11 is 5.77. The van der Waals surface area contributed by atoms with Gasteiger partial charge < -0.3 is 5.32 Å². The van der Waals surface area contributed by atoms with Gasteiger partial charge in [-0.15, -0.1) is 0 Å². The van der Waals surface area contributed by atoms with Crippen molar-refractivity contribution in [1.29, 1.82) is 0 Å². The second-order valence-electron chi connectivity index (χ2n) is 2.83. The predicted molar refractivity (Wildman–Crippen MR) is 53.5 cm³/mol. The molecule has 12 heavy (non-hydrogen) atoms. The van der Waals surface area contributed by atoms with E-state index in [1.54, 1.807) is 0 Å². The van der Waals surface area contributed by atoms with Crippen molar-refractivity contribution in [2.24, 2.45) is 0 Å². The van der Waals surface area contributed by atoms with Crippen LogP contribution in [0.15, 0.2) is 24.3 Å². The van der Waals surface area contributed by atoms with Crippen LogP contribution in [-0.4, -0.2) is 6.54 Å². The first-order valence-corrected chi connectivity index (χ1v) is 4.60. The fourth-order valence-electron chi connectivity index (χ4n) is 1.18. The predicted octanol–water partition coefficient (Wildman–Crippen LogP) is 3.01. The summed E-state index contributed by atoms with van der Waals surface area (Å²) in [5.41, 5.74) is 1.28. The average molecular weight is 184 g/mol. The quantitative estimate of drug-likeness (QED) is 0.760. The third-order valence-electron chi connectivity index (χ3n) is 1.88. The first-order chi connectivity index (χ1) is 5.74. The molecule has 0 spiro atoms. The van der Waals surface area contributed by atoms with Crippen LogP contribution >= 0.6 is 11.6 Å². The van der Waals surface area contributed by atoms with E-state index in [-0.39, 0.29) is 0 Å². The molecule has 0 bridgehead atoms. The lowest BCUT2D eigenvalue weighted by Gasteiger charge is -2.11. The lowest BCUT2D eigenvalue weighted by molar-refractivity contribution is 0.598. The highest BCUT2D eigenvalue weighted by atomic mass is 35.5. The Morgan fingerprint density at radius 2 is 1.92 bits per heavy atom. The van der Waals surface area contributed by atoms with Gasteiger partial charge in [0.2, 0.25) is 0 Å². The molecule has 2 heteroatoms. The van der Waals surface area contributed by atoms with Crippen molar-refractivity contribution in [2.45, 2.75) is 19.9 Å². The maximum Gasteiger partial charge on any atom is 0.0406 e. The number of nitrogens with one attached hydrogen (secondary N) is 1. The summed E-state index contributed by atoms with van der Waals surface area (Å²) in [6, 6.07) is 8.35. The Kier molecular flexibility index (Phi) is 3.57. The Labute approximate surface area is 78.7 Å². The van der Waals surface area contributed by atoms with Gasteiger partial charge in [0.1, 0.15) is 0 Å². The van der Waals surface area contributed by atoms with Gasteiger partial charge >= 0.3 is 0 Å². The molecule has 0 amide bonds. The van der Waals surface area contributed by atoms with Gasteiger partial charge in [0, 0.05) is 11.1 Å². The van der Waals surface area contributed by atoms with Gasteiger partial charge in [-0.25, -0.2) is 0 Å². The van der Waals surface area contributed by atoms with Crippen LogP contribution in [0, 0.1) is 0 Å². The van der Waals surface area contributed by atoms with Gasteiger partial charge in [-0.2, -0.15) is 0 Å². The van der Waals surface area contributed by atoms with E-state index in [4.69, 9.17) is 11.6 Å². The molecule has 0 saturated carbocycles. The molecular formula is C10H14ClN. The molecule has 0 aliphatic rings. The molecule has 1 aromatic carbocycles.